The van der Waals surface area contributed by atoms with Crippen molar-refractivity contribution in [3.63, 3.8) is 0 Å². The third-order valence-corrected chi connectivity index (χ3v) is 3.75. The van der Waals surface area contributed by atoms with Gasteiger partial charge in [0.25, 0.3) is 0 Å². The Morgan fingerprint density at radius 3 is 2.94 bits per heavy atom. The molecule has 0 aliphatic carbocycles. The molecule has 0 amide bonds. The third-order valence-electron chi connectivity index (χ3n) is 2.53. The lowest BCUT2D eigenvalue weighted by molar-refractivity contribution is 0.510. The predicted octanol–water partition coefficient (Wildman–Crippen LogP) is 3.66. The molecular weight excluding hydrogens is 220 g/mol. The van der Waals surface area contributed by atoms with E-state index in [1.165, 1.54) is 5.56 Å². The Kier molecular flexibility index (Phi) is 3.74. The molecule has 4 heteroatoms. The van der Waals surface area contributed by atoms with Crippen molar-refractivity contribution in [3.05, 3.63) is 40.8 Å². The standard InChI is InChI=1S/C12H14N2OS/c1-10-5-6-11(13-15)9-12(10)16-14-7-3-2-4-8-14/h2-3,5-6,9H,4,7-8H2,1H3. The van der Waals surface area contributed by atoms with Crippen molar-refractivity contribution in [3.8, 4) is 0 Å². The van der Waals surface area contributed by atoms with Crippen LogP contribution in [0.15, 0.2) is 40.4 Å². The Labute approximate surface area is 99.6 Å². The van der Waals surface area contributed by atoms with Crippen LogP contribution in [0.25, 0.3) is 0 Å². The molecule has 0 saturated carbocycles. The maximum Gasteiger partial charge on any atom is 0.109 e. The summed E-state index contributed by atoms with van der Waals surface area (Å²) in [5.74, 6) is 0. The van der Waals surface area contributed by atoms with Crippen LogP contribution in [0.3, 0.4) is 0 Å². The summed E-state index contributed by atoms with van der Waals surface area (Å²) in [4.78, 5) is 11.6. The Morgan fingerprint density at radius 1 is 1.38 bits per heavy atom. The minimum atomic E-state index is 0.501. The normalized spacial score (nSPS) is 16.3. The monoisotopic (exact) mass is 234 g/mol. The van der Waals surface area contributed by atoms with Gasteiger partial charge in [-0.05, 0) is 48.2 Å². The number of nitrogens with zero attached hydrogens (tertiary/aromatic N) is 2. The maximum atomic E-state index is 10.5. The van der Waals surface area contributed by atoms with Gasteiger partial charge in [0.15, 0.2) is 0 Å². The summed E-state index contributed by atoms with van der Waals surface area (Å²) in [6.07, 6.45) is 5.47. The molecule has 0 spiro atoms. The van der Waals surface area contributed by atoms with Gasteiger partial charge in [-0.1, -0.05) is 18.2 Å². The molecule has 0 fully saturated rings. The van der Waals surface area contributed by atoms with E-state index in [1.807, 2.05) is 12.1 Å². The van der Waals surface area contributed by atoms with Crippen molar-refractivity contribution in [2.75, 3.05) is 13.1 Å². The second-order valence-corrected chi connectivity index (χ2v) is 4.92. The van der Waals surface area contributed by atoms with Gasteiger partial charge >= 0.3 is 0 Å². The molecule has 2 rings (SSSR count). The zero-order valence-corrected chi connectivity index (χ0v) is 10.0. The Balaban J connectivity index is 2.13. The van der Waals surface area contributed by atoms with Crippen LogP contribution in [-0.4, -0.2) is 17.4 Å². The number of benzene rings is 1. The van der Waals surface area contributed by atoms with Crippen LogP contribution in [-0.2, 0) is 0 Å². The average molecular weight is 234 g/mol. The van der Waals surface area contributed by atoms with Gasteiger partial charge in [-0.25, -0.2) is 4.31 Å². The van der Waals surface area contributed by atoms with Gasteiger partial charge in [0.1, 0.15) is 5.69 Å². The first-order valence-electron chi connectivity index (χ1n) is 5.31. The smallest absolute Gasteiger partial charge is 0.109 e. The van der Waals surface area contributed by atoms with Gasteiger partial charge in [-0.2, -0.15) is 0 Å². The van der Waals surface area contributed by atoms with E-state index >= 15 is 0 Å². The van der Waals surface area contributed by atoms with E-state index in [4.69, 9.17) is 0 Å². The second kappa shape index (κ2) is 5.27. The number of nitroso groups, excluding NO2 is 1. The molecule has 0 radical (unpaired) electrons. The number of hydrogen-bond acceptors (Lipinski definition) is 4. The van der Waals surface area contributed by atoms with Gasteiger partial charge in [0, 0.05) is 18.0 Å². The fourth-order valence-corrected chi connectivity index (χ4v) is 2.61. The molecular formula is C12H14N2OS. The first-order chi connectivity index (χ1) is 7.79. The highest BCUT2D eigenvalue weighted by molar-refractivity contribution is 7.97. The predicted molar refractivity (Wildman–Crippen MR) is 67.8 cm³/mol. The van der Waals surface area contributed by atoms with Crippen molar-refractivity contribution in [1.82, 2.24) is 4.31 Å². The quantitative estimate of drug-likeness (QED) is 0.454. The van der Waals surface area contributed by atoms with E-state index in [-0.39, 0.29) is 0 Å². The fourth-order valence-electron chi connectivity index (χ4n) is 1.59. The van der Waals surface area contributed by atoms with Crippen LogP contribution in [0, 0.1) is 11.8 Å². The second-order valence-electron chi connectivity index (χ2n) is 3.78. The first-order valence-corrected chi connectivity index (χ1v) is 6.09. The summed E-state index contributed by atoms with van der Waals surface area (Å²) in [5.41, 5.74) is 1.69. The lowest BCUT2D eigenvalue weighted by Gasteiger charge is -2.22. The van der Waals surface area contributed by atoms with Gasteiger partial charge in [-0.15, -0.1) is 4.91 Å². The number of rotatable bonds is 3. The van der Waals surface area contributed by atoms with Crippen molar-refractivity contribution in [2.45, 2.75) is 18.2 Å². The lowest BCUT2D eigenvalue weighted by Crippen LogP contribution is -2.19. The fraction of sp³-hybridized carbons (Fsp3) is 0.333. The minimum absolute atomic E-state index is 0.501. The molecule has 1 aliphatic rings. The summed E-state index contributed by atoms with van der Waals surface area (Å²) in [5, 5.41) is 2.97. The van der Waals surface area contributed by atoms with Gasteiger partial charge in [0.05, 0.1) is 0 Å². The van der Waals surface area contributed by atoms with Crippen LogP contribution in [0.1, 0.15) is 12.0 Å². The SMILES string of the molecule is Cc1ccc(N=O)cc1SN1CC=CCC1. The maximum absolute atomic E-state index is 10.5. The van der Waals surface area contributed by atoms with E-state index in [0.717, 1.165) is 24.4 Å². The van der Waals surface area contributed by atoms with Gasteiger partial charge < -0.3 is 0 Å². The Bertz CT molecular complexity index is 417. The largest absolute Gasteiger partial charge is 0.242 e. The average Bonchev–Trinajstić information content (AvgIpc) is 2.33. The summed E-state index contributed by atoms with van der Waals surface area (Å²) in [6, 6.07) is 5.55. The molecule has 0 N–H and O–H groups in total. The van der Waals surface area contributed by atoms with Gasteiger partial charge in [-0.3, -0.25) is 0 Å². The lowest BCUT2D eigenvalue weighted by atomic mass is 10.2. The van der Waals surface area contributed by atoms with E-state index in [9.17, 15) is 4.91 Å². The highest BCUT2D eigenvalue weighted by Crippen LogP contribution is 2.30. The molecule has 0 bridgehead atoms. The van der Waals surface area contributed by atoms with E-state index in [2.05, 4.69) is 28.6 Å². The molecule has 0 unspecified atom stereocenters. The summed E-state index contributed by atoms with van der Waals surface area (Å²) in [7, 11) is 0. The number of aryl methyl sites for hydroxylation is 1. The van der Waals surface area contributed by atoms with Crippen molar-refractivity contribution < 1.29 is 0 Å². The Morgan fingerprint density at radius 2 is 2.25 bits per heavy atom. The minimum Gasteiger partial charge on any atom is -0.242 e. The van der Waals surface area contributed by atoms with Crippen LogP contribution in [0.4, 0.5) is 5.69 Å². The summed E-state index contributed by atoms with van der Waals surface area (Å²) < 4.78 is 2.29. The van der Waals surface area contributed by atoms with E-state index < -0.39 is 0 Å². The zero-order chi connectivity index (χ0) is 11.4. The van der Waals surface area contributed by atoms with Crippen molar-refractivity contribution in [2.24, 2.45) is 5.18 Å². The molecule has 0 atom stereocenters. The molecule has 1 aromatic rings. The van der Waals surface area contributed by atoms with Crippen molar-refractivity contribution in [1.29, 1.82) is 0 Å². The molecule has 3 nitrogen and oxygen atoms in total. The van der Waals surface area contributed by atoms with E-state index in [1.54, 1.807) is 18.0 Å². The van der Waals surface area contributed by atoms with Crippen LogP contribution in [0.5, 0.6) is 0 Å². The highest BCUT2D eigenvalue weighted by atomic mass is 32.2. The molecule has 1 aromatic carbocycles. The third kappa shape index (κ3) is 2.71. The van der Waals surface area contributed by atoms with Crippen LogP contribution in [0.2, 0.25) is 0 Å². The summed E-state index contributed by atoms with van der Waals surface area (Å²) >= 11 is 1.70. The first kappa shape index (κ1) is 11.4. The Hall–Kier alpha value is -1.13. The molecule has 0 saturated heterocycles. The molecule has 1 aliphatic heterocycles. The van der Waals surface area contributed by atoms with Crippen LogP contribution >= 0.6 is 11.9 Å². The van der Waals surface area contributed by atoms with Gasteiger partial charge in [0.2, 0.25) is 0 Å². The molecule has 0 aromatic heterocycles. The highest BCUT2D eigenvalue weighted by Gasteiger charge is 2.10. The van der Waals surface area contributed by atoms with Crippen molar-refractivity contribution >= 4 is 17.6 Å². The molecule has 16 heavy (non-hydrogen) atoms. The summed E-state index contributed by atoms with van der Waals surface area (Å²) in [6.45, 7) is 4.07. The van der Waals surface area contributed by atoms with Crippen LogP contribution < -0.4 is 0 Å². The van der Waals surface area contributed by atoms with E-state index in [0.29, 0.717) is 5.69 Å². The zero-order valence-electron chi connectivity index (χ0n) is 9.22. The topological polar surface area (TPSA) is 32.7 Å². The number of hydrogen-bond donors (Lipinski definition) is 0. The molecule has 84 valence electrons. The molecule has 1 heterocycles.